The van der Waals surface area contributed by atoms with Crippen LogP contribution in [0, 0.1) is 12.3 Å². The highest BCUT2D eigenvalue weighted by Crippen LogP contribution is 2.46. The molecular formula is C15H16F3NO4. The van der Waals surface area contributed by atoms with Crippen LogP contribution in [0.4, 0.5) is 13.2 Å². The SMILES string of the molecule is COc1cc(C(=O)N2CCC(C(=O)O)(C(F)(F)F)C2)ccc1C. The van der Waals surface area contributed by atoms with Crippen molar-refractivity contribution in [2.75, 3.05) is 20.2 Å². The minimum Gasteiger partial charge on any atom is -0.496 e. The molecule has 1 atom stereocenters. The lowest BCUT2D eigenvalue weighted by atomic mass is 9.86. The Morgan fingerprint density at radius 1 is 1.35 bits per heavy atom. The zero-order valence-electron chi connectivity index (χ0n) is 12.6. The lowest BCUT2D eigenvalue weighted by Gasteiger charge is -2.27. The molecule has 1 aliphatic heterocycles. The molecule has 126 valence electrons. The Morgan fingerprint density at radius 3 is 2.48 bits per heavy atom. The summed E-state index contributed by atoms with van der Waals surface area (Å²) in [5.74, 6) is -2.16. The number of halogens is 3. The van der Waals surface area contributed by atoms with Crippen molar-refractivity contribution in [3.05, 3.63) is 29.3 Å². The second-order valence-electron chi connectivity index (χ2n) is 5.55. The van der Waals surface area contributed by atoms with Gasteiger partial charge in [0.2, 0.25) is 0 Å². The summed E-state index contributed by atoms with van der Waals surface area (Å²) in [6, 6.07) is 4.54. The average Bonchev–Trinajstić information content (AvgIpc) is 2.93. The summed E-state index contributed by atoms with van der Waals surface area (Å²) in [6.07, 6.45) is -5.57. The Kier molecular flexibility index (Phi) is 4.28. The van der Waals surface area contributed by atoms with Gasteiger partial charge in [-0.3, -0.25) is 9.59 Å². The van der Waals surface area contributed by atoms with Crippen molar-refractivity contribution in [1.82, 2.24) is 4.90 Å². The number of hydrogen-bond donors (Lipinski definition) is 1. The standard InChI is InChI=1S/C15H16F3NO4/c1-9-3-4-10(7-11(9)23-2)12(20)19-6-5-14(8-19,13(21)22)15(16,17)18/h3-4,7H,5-6,8H2,1-2H3,(H,21,22). The monoisotopic (exact) mass is 331 g/mol. The Labute approximate surface area is 130 Å². The van der Waals surface area contributed by atoms with E-state index in [2.05, 4.69) is 0 Å². The number of carbonyl (C=O) groups is 2. The number of benzene rings is 1. The Hall–Kier alpha value is -2.25. The van der Waals surface area contributed by atoms with Gasteiger partial charge in [-0.25, -0.2) is 0 Å². The van der Waals surface area contributed by atoms with E-state index in [4.69, 9.17) is 9.84 Å². The summed E-state index contributed by atoms with van der Waals surface area (Å²) in [7, 11) is 1.42. The fraction of sp³-hybridized carbons (Fsp3) is 0.467. The van der Waals surface area contributed by atoms with Crippen molar-refractivity contribution in [2.24, 2.45) is 5.41 Å². The first-order chi connectivity index (χ1) is 10.6. The molecule has 0 spiro atoms. The molecule has 1 N–H and O–H groups in total. The van der Waals surface area contributed by atoms with E-state index in [1.54, 1.807) is 13.0 Å². The van der Waals surface area contributed by atoms with Crippen LogP contribution in [-0.2, 0) is 4.79 Å². The normalized spacial score (nSPS) is 21.3. The number of amides is 1. The summed E-state index contributed by atoms with van der Waals surface area (Å²) >= 11 is 0. The van der Waals surface area contributed by atoms with Crippen LogP contribution in [0.2, 0.25) is 0 Å². The van der Waals surface area contributed by atoms with Gasteiger partial charge in [0.1, 0.15) is 5.75 Å². The smallest absolute Gasteiger partial charge is 0.406 e. The van der Waals surface area contributed by atoms with Gasteiger partial charge in [-0.15, -0.1) is 0 Å². The fourth-order valence-corrected chi connectivity index (χ4v) is 2.65. The topological polar surface area (TPSA) is 66.8 Å². The highest BCUT2D eigenvalue weighted by molar-refractivity contribution is 5.95. The van der Waals surface area contributed by atoms with Crippen molar-refractivity contribution in [3.8, 4) is 5.75 Å². The molecule has 0 aromatic heterocycles. The molecule has 1 saturated heterocycles. The van der Waals surface area contributed by atoms with E-state index in [0.29, 0.717) is 5.75 Å². The van der Waals surface area contributed by atoms with Crippen LogP contribution in [-0.4, -0.2) is 48.3 Å². The maximum atomic E-state index is 13.1. The van der Waals surface area contributed by atoms with Crippen LogP contribution < -0.4 is 4.74 Å². The van der Waals surface area contributed by atoms with Gasteiger partial charge in [0.25, 0.3) is 5.91 Å². The minimum absolute atomic E-state index is 0.163. The highest BCUT2D eigenvalue weighted by Gasteiger charge is 2.64. The number of nitrogens with zero attached hydrogens (tertiary/aromatic N) is 1. The number of carboxylic acid groups (broad SMARTS) is 1. The third-order valence-corrected chi connectivity index (χ3v) is 4.16. The zero-order chi connectivity index (χ0) is 17.4. The van der Waals surface area contributed by atoms with Gasteiger partial charge in [-0.1, -0.05) is 6.07 Å². The highest BCUT2D eigenvalue weighted by atomic mass is 19.4. The summed E-state index contributed by atoms with van der Waals surface area (Å²) < 4.78 is 44.5. The number of aryl methyl sites for hydroxylation is 1. The minimum atomic E-state index is -4.92. The van der Waals surface area contributed by atoms with Crippen LogP contribution in [0.1, 0.15) is 22.3 Å². The van der Waals surface area contributed by atoms with Gasteiger partial charge in [0.15, 0.2) is 5.41 Å². The molecule has 8 heteroatoms. The van der Waals surface area contributed by atoms with Crippen molar-refractivity contribution in [1.29, 1.82) is 0 Å². The molecule has 0 radical (unpaired) electrons. The third-order valence-electron chi connectivity index (χ3n) is 4.16. The molecule has 1 unspecified atom stereocenters. The second kappa shape index (κ2) is 5.75. The van der Waals surface area contributed by atoms with E-state index in [1.165, 1.54) is 19.2 Å². The molecule has 23 heavy (non-hydrogen) atoms. The zero-order valence-corrected chi connectivity index (χ0v) is 12.6. The molecular weight excluding hydrogens is 315 g/mol. The van der Waals surface area contributed by atoms with E-state index in [-0.39, 0.29) is 12.1 Å². The van der Waals surface area contributed by atoms with Crippen molar-refractivity contribution < 1.29 is 32.6 Å². The lowest BCUT2D eigenvalue weighted by molar-refractivity contribution is -0.227. The molecule has 0 bridgehead atoms. The Balaban J connectivity index is 2.28. The van der Waals surface area contributed by atoms with Crippen LogP contribution in [0.3, 0.4) is 0 Å². The number of alkyl halides is 3. The molecule has 0 aliphatic carbocycles. The third kappa shape index (κ3) is 2.85. The van der Waals surface area contributed by atoms with E-state index < -0.39 is 36.4 Å². The summed E-state index contributed by atoms with van der Waals surface area (Å²) in [5.41, 5.74) is -1.96. The Bertz CT molecular complexity index is 644. The maximum absolute atomic E-state index is 13.1. The average molecular weight is 331 g/mol. The molecule has 1 aliphatic rings. The number of rotatable bonds is 3. The molecule has 1 heterocycles. The predicted molar refractivity (Wildman–Crippen MR) is 74.4 cm³/mol. The van der Waals surface area contributed by atoms with E-state index >= 15 is 0 Å². The van der Waals surface area contributed by atoms with E-state index in [1.807, 2.05) is 0 Å². The maximum Gasteiger partial charge on any atom is 0.406 e. The molecule has 5 nitrogen and oxygen atoms in total. The molecule has 1 aromatic rings. The van der Waals surface area contributed by atoms with Crippen molar-refractivity contribution in [3.63, 3.8) is 0 Å². The van der Waals surface area contributed by atoms with E-state index in [9.17, 15) is 22.8 Å². The van der Waals surface area contributed by atoms with Crippen LogP contribution in [0.15, 0.2) is 18.2 Å². The van der Waals surface area contributed by atoms with Gasteiger partial charge in [-0.2, -0.15) is 13.2 Å². The molecule has 2 rings (SSSR count). The largest absolute Gasteiger partial charge is 0.496 e. The van der Waals surface area contributed by atoms with Gasteiger partial charge >= 0.3 is 12.1 Å². The number of hydrogen-bond acceptors (Lipinski definition) is 3. The number of carboxylic acids is 1. The predicted octanol–water partition coefficient (Wildman–Crippen LogP) is 2.48. The summed E-state index contributed by atoms with van der Waals surface area (Å²) in [6.45, 7) is 0.615. The van der Waals surface area contributed by atoms with Crippen LogP contribution in [0.5, 0.6) is 5.75 Å². The molecule has 1 amide bonds. The molecule has 1 fully saturated rings. The van der Waals surface area contributed by atoms with Gasteiger partial charge < -0.3 is 14.7 Å². The van der Waals surface area contributed by atoms with Crippen molar-refractivity contribution in [2.45, 2.75) is 19.5 Å². The number of aliphatic carboxylic acids is 1. The summed E-state index contributed by atoms with van der Waals surface area (Å²) in [4.78, 5) is 24.4. The number of likely N-dealkylation sites (tertiary alicyclic amines) is 1. The van der Waals surface area contributed by atoms with Gasteiger partial charge in [0.05, 0.1) is 7.11 Å². The number of ether oxygens (including phenoxy) is 1. The van der Waals surface area contributed by atoms with Gasteiger partial charge in [0, 0.05) is 18.7 Å². The molecule has 1 aromatic carbocycles. The van der Waals surface area contributed by atoms with Crippen molar-refractivity contribution >= 4 is 11.9 Å². The first kappa shape index (κ1) is 17.1. The van der Waals surface area contributed by atoms with Gasteiger partial charge in [-0.05, 0) is 31.0 Å². The lowest BCUT2D eigenvalue weighted by Crippen LogP contribution is -2.47. The fourth-order valence-electron chi connectivity index (χ4n) is 2.65. The number of methoxy groups -OCH3 is 1. The Morgan fingerprint density at radius 2 is 2.00 bits per heavy atom. The summed E-state index contributed by atoms with van der Waals surface area (Å²) in [5, 5.41) is 9.01. The first-order valence-electron chi connectivity index (χ1n) is 6.86. The van der Waals surface area contributed by atoms with E-state index in [0.717, 1.165) is 10.5 Å². The number of carbonyl (C=O) groups excluding carboxylic acids is 1. The van der Waals surface area contributed by atoms with Crippen LogP contribution in [0.25, 0.3) is 0 Å². The second-order valence-corrected chi connectivity index (χ2v) is 5.55. The molecule has 0 saturated carbocycles. The quantitative estimate of drug-likeness (QED) is 0.924. The van der Waals surface area contributed by atoms with Crippen LogP contribution >= 0.6 is 0 Å². The first-order valence-corrected chi connectivity index (χ1v) is 6.86.